The van der Waals surface area contributed by atoms with Crippen molar-refractivity contribution in [2.45, 2.75) is 19.3 Å². The summed E-state index contributed by atoms with van der Waals surface area (Å²) in [5.41, 5.74) is 0.968. The molecule has 0 aliphatic heterocycles. The third kappa shape index (κ3) is 3.18. The van der Waals surface area contributed by atoms with Gasteiger partial charge in [0.25, 0.3) is 0 Å². The number of allylic oxidation sites excluding steroid dienone is 1. The molecule has 1 aromatic rings. The van der Waals surface area contributed by atoms with Crippen molar-refractivity contribution in [3.8, 4) is 0 Å². The molecule has 1 aliphatic carbocycles. The molecular weight excluding hydrogens is 148 g/mol. The van der Waals surface area contributed by atoms with Crippen LogP contribution in [0.15, 0.2) is 42.0 Å². The Morgan fingerprint density at radius 2 is 1.33 bits per heavy atom. The molecule has 1 aromatic carbocycles. The van der Waals surface area contributed by atoms with Gasteiger partial charge in [0.2, 0.25) is 0 Å². The SMILES string of the molecule is O=C=C1CCC1.c1ccccc1. The summed E-state index contributed by atoms with van der Waals surface area (Å²) in [6.45, 7) is 0. The number of hydrogen-bond donors (Lipinski definition) is 0. The highest BCUT2D eigenvalue weighted by atomic mass is 16.1. The highest BCUT2D eigenvalue weighted by molar-refractivity contribution is 5.54. The summed E-state index contributed by atoms with van der Waals surface area (Å²) in [7, 11) is 0. The monoisotopic (exact) mass is 160 g/mol. The fourth-order valence-electron chi connectivity index (χ4n) is 0.841. The molecule has 0 heterocycles. The Hall–Kier alpha value is -1.33. The lowest BCUT2D eigenvalue weighted by Crippen LogP contribution is -1.95. The minimum Gasteiger partial charge on any atom is -0.234 e. The molecule has 0 unspecified atom stereocenters. The minimum absolute atomic E-state index is 0.968. The summed E-state index contributed by atoms with van der Waals surface area (Å²) in [6.07, 6.45) is 3.21. The van der Waals surface area contributed by atoms with E-state index in [1.165, 1.54) is 6.42 Å². The quantitative estimate of drug-likeness (QED) is 0.533. The van der Waals surface area contributed by atoms with Crippen molar-refractivity contribution < 1.29 is 4.79 Å². The number of carbonyl (C=O) groups excluding carboxylic acids is 1. The third-order valence-electron chi connectivity index (χ3n) is 1.77. The fourth-order valence-corrected chi connectivity index (χ4v) is 0.841. The summed E-state index contributed by atoms with van der Waals surface area (Å²) in [6, 6.07) is 12.0. The smallest absolute Gasteiger partial charge is 0.123 e. The molecule has 2 rings (SSSR count). The molecule has 0 amide bonds. The van der Waals surface area contributed by atoms with Gasteiger partial charge in [0.1, 0.15) is 5.94 Å². The maximum absolute atomic E-state index is 9.63. The van der Waals surface area contributed by atoms with Crippen molar-refractivity contribution in [3.63, 3.8) is 0 Å². The van der Waals surface area contributed by atoms with Crippen LogP contribution >= 0.6 is 0 Å². The molecule has 0 atom stereocenters. The second-order valence-electron chi connectivity index (χ2n) is 2.71. The van der Waals surface area contributed by atoms with E-state index < -0.39 is 0 Å². The van der Waals surface area contributed by atoms with Gasteiger partial charge < -0.3 is 0 Å². The van der Waals surface area contributed by atoms with Gasteiger partial charge in [-0.1, -0.05) is 36.4 Å². The Labute approximate surface area is 72.7 Å². The standard InChI is InChI=1S/C6H6.C5H6O/c1-2-4-6-5-3-1;6-4-5-2-1-3-5/h1-6H;1-3H2. The number of hydrogen-bond acceptors (Lipinski definition) is 1. The average molecular weight is 160 g/mol. The Balaban J connectivity index is 0.000000120. The van der Waals surface area contributed by atoms with Crippen LogP contribution in [0.2, 0.25) is 0 Å². The first-order valence-corrected chi connectivity index (χ1v) is 4.16. The fraction of sp³-hybridized carbons (Fsp3) is 0.273. The van der Waals surface area contributed by atoms with Gasteiger partial charge in [0.15, 0.2) is 0 Å². The van der Waals surface area contributed by atoms with Crippen LogP contribution in [0.1, 0.15) is 19.3 Å². The summed E-state index contributed by atoms with van der Waals surface area (Å²) in [5, 5.41) is 0. The Kier molecular flexibility index (Phi) is 3.90. The molecule has 1 fully saturated rings. The zero-order valence-corrected chi connectivity index (χ0v) is 6.99. The van der Waals surface area contributed by atoms with Crippen molar-refractivity contribution >= 4 is 5.94 Å². The lowest BCUT2D eigenvalue weighted by atomic mass is 9.94. The first-order valence-electron chi connectivity index (χ1n) is 4.16. The van der Waals surface area contributed by atoms with E-state index in [2.05, 4.69) is 0 Å². The molecule has 1 saturated carbocycles. The average Bonchev–Trinajstić information content (AvgIpc) is 2.07. The molecule has 0 bridgehead atoms. The van der Waals surface area contributed by atoms with Gasteiger partial charge in [-0.15, -0.1) is 0 Å². The van der Waals surface area contributed by atoms with Crippen LogP contribution in [-0.4, -0.2) is 5.94 Å². The van der Waals surface area contributed by atoms with Crippen molar-refractivity contribution in [1.82, 2.24) is 0 Å². The van der Waals surface area contributed by atoms with Crippen LogP contribution in [0.25, 0.3) is 0 Å². The molecule has 1 heteroatoms. The van der Waals surface area contributed by atoms with E-state index in [0.717, 1.165) is 18.4 Å². The predicted octanol–water partition coefficient (Wildman–Crippen LogP) is 2.61. The summed E-state index contributed by atoms with van der Waals surface area (Å²) < 4.78 is 0. The van der Waals surface area contributed by atoms with Gasteiger partial charge in [-0.05, 0) is 19.3 Å². The second kappa shape index (κ2) is 5.34. The van der Waals surface area contributed by atoms with E-state index in [1.54, 1.807) is 0 Å². The molecule has 12 heavy (non-hydrogen) atoms. The molecule has 1 aliphatic rings. The lowest BCUT2D eigenvalue weighted by molar-refractivity contribution is 0.556. The van der Waals surface area contributed by atoms with Crippen molar-refractivity contribution in [1.29, 1.82) is 0 Å². The summed E-state index contributed by atoms with van der Waals surface area (Å²) in [4.78, 5) is 9.63. The molecule has 0 radical (unpaired) electrons. The zero-order valence-electron chi connectivity index (χ0n) is 6.99. The Morgan fingerprint density at radius 1 is 0.917 bits per heavy atom. The largest absolute Gasteiger partial charge is 0.234 e. The van der Waals surface area contributed by atoms with Crippen molar-refractivity contribution in [2.24, 2.45) is 0 Å². The van der Waals surface area contributed by atoms with E-state index in [0.29, 0.717) is 0 Å². The van der Waals surface area contributed by atoms with Gasteiger partial charge in [-0.25, -0.2) is 4.79 Å². The third-order valence-corrected chi connectivity index (χ3v) is 1.77. The molecular formula is C11H12O. The molecule has 0 aromatic heterocycles. The van der Waals surface area contributed by atoms with Crippen LogP contribution in [0, 0.1) is 0 Å². The van der Waals surface area contributed by atoms with Crippen LogP contribution in [-0.2, 0) is 4.79 Å². The van der Waals surface area contributed by atoms with Gasteiger partial charge in [0.05, 0.1) is 0 Å². The van der Waals surface area contributed by atoms with Crippen LogP contribution in [0.4, 0.5) is 0 Å². The van der Waals surface area contributed by atoms with Crippen LogP contribution in [0.5, 0.6) is 0 Å². The minimum atomic E-state index is 0.968. The van der Waals surface area contributed by atoms with E-state index in [9.17, 15) is 4.79 Å². The molecule has 0 saturated heterocycles. The zero-order chi connectivity index (χ0) is 8.65. The maximum Gasteiger partial charge on any atom is 0.123 e. The first-order chi connectivity index (χ1) is 5.93. The number of benzene rings is 1. The van der Waals surface area contributed by atoms with Crippen LogP contribution in [0.3, 0.4) is 0 Å². The highest BCUT2D eigenvalue weighted by Gasteiger charge is 2.07. The van der Waals surface area contributed by atoms with Crippen LogP contribution < -0.4 is 0 Å². The van der Waals surface area contributed by atoms with E-state index in [-0.39, 0.29) is 0 Å². The van der Waals surface area contributed by atoms with Gasteiger partial charge in [-0.2, -0.15) is 0 Å². The first kappa shape index (κ1) is 8.76. The molecule has 0 spiro atoms. The molecule has 1 nitrogen and oxygen atoms in total. The normalized spacial score (nSPS) is 13.5. The predicted molar refractivity (Wildman–Crippen MR) is 49.5 cm³/mol. The van der Waals surface area contributed by atoms with Gasteiger partial charge >= 0.3 is 0 Å². The van der Waals surface area contributed by atoms with Gasteiger partial charge in [-0.3, -0.25) is 0 Å². The molecule has 0 N–H and O–H groups in total. The summed E-state index contributed by atoms with van der Waals surface area (Å²) >= 11 is 0. The number of rotatable bonds is 0. The second-order valence-corrected chi connectivity index (χ2v) is 2.71. The Bertz CT molecular complexity index is 225. The van der Waals surface area contributed by atoms with Crippen molar-refractivity contribution in [2.75, 3.05) is 0 Å². The molecule has 62 valence electrons. The van der Waals surface area contributed by atoms with Gasteiger partial charge in [0, 0.05) is 5.57 Å². The van der Waals surface area contributed by atoms with Crippen molar-refractivity contribution in [3.05, 3.63) is 42.0 Å². The van der Waals surface area contributed by atoms with E-state index in [4.69, 9.17) is 0 Å². The Morgan fingerprint density at radius 3 is 1.42 bits per heavy atom. The lowest BCUT2D eigenvalue weighted by Gasteiger charge is -2.08. The topological polar surface area (TPSA) is 17.1 Å². The maximum atomic E-state index is 9.63. The highest BCUT2D eigenvalue weighted by Crippen LogP contribution is 2.21. The van der Waals surface area contributed by atoms with E-state index in [1.807, 2.05) is 42.3 Å². The summed E-state index contributed by atoms with van der Waals surface area (Å²) in [5.74, 6) is 1.87. The van der Waals surface area contributed by atoms with E-state index >= 15 is 0 Å².